The van der Waals surface area contributed by atoms with Crippen molar-refractivity contribution in [2.24, 2.45) is 0 Å². The van der Waals surface area contributed by atoms with Crippen molar-refractivity contribution in [3.8, 4) is 5.75 Å². The molecule has 1 aliphatic heterocycles. The molecule has 1 heteroatoms. The van der Waals surface area contributed by atoms with E-state index in [9.17, 15) is 0 Å². The fraction of sp³-hybridized carbons (Fsp3) is 0.143. The van der Waals surface area contributed by atoms with Crippen LogP contribution in [0.2, 0.25) is 0 Å². The molecule has 0 aliphatic carbocycles. The highest BCUT2D eigenvalue weighted by Crippen LogP contribution is 2.46. The molecule has 0 bridgehead atoms. The van der Waals surface area contributed by atoms with Gasteiger partial charge in [0.1, 0.15) is 5.75 Å². The summed E-state index contributed by atoms with van der Waals surface area (Å²) in [6, 6.07) is 23.4. The van der Waals surface area contributed by atoms with Crippen LogP contribution in [0.5, 0.6) is 5.75 Å². The van der Waals surface area contributed by atoms with E-state index in [2.05, 4.69) is 79.7 Å². The molecule has 1 atom stereocenters. The summed E-state index contributed by atoms with van der Waals surface area (Å²) in [5.74, 6) is 1.92. The Bertz CT molecular complexity index is 877. The monoisotopic (exact) mass is 286 g/mol. The maximum absolute atomic E-state index is 6.02. The molecule has 1 aliphatic rings. The van der Waals surface area contributed by atoms with E-state index in [-0.39, 0.29) is 5.41 Å². The van der Waals surface area contributed by atoms with Gasteiger partial charge in [-0.3, -0.25) is 0 Å². The van der Waals surface area contributed by atoms with E-state index in [4.69, 9.17) is 4.74 Å². The average molecular weight is 286 g/mol. The van der Waals surface area contributed by atoms with Gasteiger partial charge in [-0.2, -0.15) is 0 Å². The molecule has 22 heavy (non-hydrogen) atoms. The second kappa shape index (κ2) is 4.74. The Labute approximate surface area is 130 Å². The molecule has 4 rings (SSSR count). The van der Waals surface area contributed by atoms with Gasteiger partial charge in [-0.15, -0.1) is 0 Å². The number of rotatable bonds is 1. The Kier molecular flexibility index (Phi) is 2.83. The van der Waals surface area contributed by atoms with Gasteiger partial charge in [0.15, 0.2) is 0 Å². The minimum atomic E-state index is -0.181. The largest absolute Gasteiger partial charge is 0.462 e. The standard InChI is InChI=1S/C21H18O/c1-15-14-21(2,17-9-4-3-5-10-17)20-18-11-7-6-8-16(18)12-13-19(20)22-15/h3-14H,1-2H3. The second-order valence-corrected chi connectivity index (χ2v) is 6.09. The molecule has 0 radical (unpaired) electrons. The van der Waals surface area contributed by atoms with Crippen LogP contribution in [0.4, 0.5) is 0 Å². The summed E-state index contributed by atoms with van der Waals surface area (Å²) in [6.07, 6.45) is 2.23. The number of fused-ring (bicyclic) bond motifs is 3. The molecular weight excluding hydrogens is 268 g/mol. The van der Waals surface area contributed by atoms with Gasteiger partial charge < -0.3 is 4.74 Å². The molecule has 0 amide bonds. The molecule has 1 unspecified atom stereocenters. The van der Waals surface area contributed by atoms with Gasteiger partial charge >= 0.3 is 0 Å². The lowest BCUT2D eigenvalue weighted by Crippen LogP contribution is -2.26. The van der Waals surface area contributed by atoms with Crippen molar-refractivity contribution < 1.29 is 4.74 Å². The lowest BCUT2D eigenvalue weighted by Gasteiger charge is -2.34. The van der Waals surface area contributed by atoms with Gasteiger partial charge in [0, 0.05) is 11.0 Å². The minimum Gasteiger partial charge on any atom is -0.462 e. The zero-order valence-corrected chi connectivity index (χ0v) is 12.8. The quantitative estimate of drug-likeness (QED) is 0.578. The number of hydrogen-bond donors (Lipinski definition) is 0. The Morgan fingerprint density at radius 3 is 2.36 bits per heavy atom. The molecule has 3 aromatic rings. The number of allylic oxidation sites excluding steroid dienone is 2. The van der Waals surface area contributed by atoms with Crippen LogP contribution in [-0.2, 0) is 5.41 Å². The molecule has 0 saturated carbocycles. The summed E-state index contributed by atoms with van der Waals surface area (Å²) in [4.78, 5) is 0. The fourth-order valence-electron chi connectivity index (χ4n) is 3.57. The second-order valence-electron chi connectivity index (χ2n) is 6.09. The van der Waals surface area contributed by atoms with Crippen LogP contribution in [0.25, 0.3) is 10.8 Å². The molecule has 0 spiro atoms. The summed E-state index contributed by atoms with van der Waals surface area (Å²) < 4.78 is 6.02. The predicted octanol–water partition coefficient (Wildman–Crippen LogP) is 5.44. The lowest BCUT2D eigenvalue weighted by molar-refractivity contribution is 0.392. The van der Waals surface area contributed by atoms with E-state index in [0.717, 1.165) is 11.5 Å². The molecule has 0 saturated heterocycles. The Balaban J connectivity index is 2.09. The van der Waals surface area contributed by atoms with E-state index in [1.165, 1.54) is 21.9 Å². The van der Waals surface area contributed by atoms with Crippen LogP contribution in [0.3, 0.4) is 0 Å². The van der Waals surface area contributed by atoms with E-state index in [1.54, 1.807) is 0 Å². The van der Waals surface area contributed by atoms with Crippen molar-refractivity contribution in [3.05, 3.63) is 89.7 Å². The van der Waals surface area contributed by atoms with E-state index in [1.807, 2.05) is 6.92 Å². The van der Waals surface area contributed by atoms with Gasteiger partial charge in [-0.25, -0.2) is 0 Å². The predicted molar refractivity (Wildman–Crippen MR) is 91.2 cm³/mol. The first kappa shape index (κ1) is 13.1. The van der Waals surface area contributed by atoms with Crippen molar-refractivity contribution in [3.63, 3.8) is 0 Å². The van der Waals surface area contributed by atoms with E-state index >= 15 is 0 Å². The Morgan fingerprint density at radius 2 is 1.55 bits per heavy atom. The Hall–Kier alpha value is -2.54. The highest BCUT2D eigenvalue weighted by molar-refractivity contribution is 5.90. The van der Waals surface area contributed by atoms with Crippen LogP contribution in [-0.4, -0.2) is 0 Å². The zero-order valence-electron chi connectivity index (χ0n) is 12.8. The van der Waals surface area contributed by atoms with E-state index < -0.39 is 0 Å². The first-order valence-corrected chi connectivity index (χ1v) is 7.63. The van der Waals surface area contributed by atoms with Crippen LogP contribution in [0.1, 0.15) is 25.0 Å². The molecule has 0 N–H and O–H groups in total. The number of ether oxygens (including phenoxy) is 1. The topological polar surface area (TPSA) is 9.23 Å². The molecule has 1 heterocycles. The van der Waals surface area contributed by atoms with Crippen molar-refractivity contribution in [1.29, 1.82) is 0 Å². The summed E-state index contributed by atoms with van der Waals surface area (Å²) >= 11 is 0. The van der Waals surface area contributed by atoms with Gasteiger partial charge in [-0.05, 0) is 42.3 Å². The van der Waals surface area contributed by atoms with Crippen molar-refractivity contribution >= 4 is 10.8 Å². The van der Waals surface area contributed by atoms with E-state index in [0.29, 0.717) is 0 Å². The molecular formula is C21H18O. The SMILES string of the molecule is CC1=CC(C)(c2ccccc2)c2c(ccc3ccccc23)O1. The van der Waals surface area contributed by atoms with Crippen LogP contribution in [0.15, 0.2) is 78.6 Å². The van der Waals surface area contributed by atoms with Crippen molar-refractivity contribution in [1.82, 2.24) is 0 Å². The highest BCUT2D eigenvalue weighted by atomic mass is 16.5. The summed E-state index contributed by atoms with van der Waals surface area (Å²) in [5, 5.41) is 2.51. The number of hydrogen-bond acceptors (Lipinski definition) is 1. The molecule has 1 nitrogen and oxygen atoms in total. The highest BCUT2D eigenvalue weighted by Gasteiger charge is 2.35. The van der Waals surface area contributed by atoms with Gasteiger partial charge in [-0.1, -0.05) is 60.7 Å². The summed E-state index contributed by atoms with van der Waals surface area (Å²) in [7, 11) is 0. The molecule has 108 valence electrons. The normalized spacial score (nSPS) is 20.2. The zero-order chi connectivity index (χ0) is 15.2. The maximum atomic E-state index is 6.02. The van der Waals surface area contributed by atoms with Crippen molar-refractivity contribution in [2.75, 3.05) is 0 Å². The third kappa shape index (κ3) is 1.86. The van der Waals surface area contributed by atoms with Crippen LogP contribution in [0, 0.1) is 0 Å². The summed E-state index contributed by atoms with van der Waals surface area (Å²) in [6.45, 7) is 4.30. The smallest absolute Gasteiger partial charge is 0.131 e. The fourth-order valence-corrected chi connectivity index (χ4v) is 3.57. The first-order chi connectivity index (χ1) is 10.7. The van der Waals surface area contributed by atoms with Crippen LogP contribution >= 0.6 is 0 Å². The molecule has 0 fully saturated rings. The van der Waals surface area contributed by atoms with Crippen LogP contribution < -0.4 is 4.74 Å². The van der Waals surface area contributed by atoms with Crippen molar-refractivity contribution in [2.45, 2.75) is 19.3 Å². The van der Waals surface area contributed by atoms with Gasteiger partial charge in [0.05, 0.1) is 5.76 Å². The maximum Gasteiger partial charge on any atom is 0.131 e. The third-order valence-electron chi connectivity index (χ3n) is 4.55. The Morgan fingerprint density at radius 1 is 0.818 bits per heavy atom. The third-order valence-corrected chi connectivity index (χ3v) is 4.55. The van der Waals surface area contributed by atoms with Gasteiger partial charge in [0.2, 0.25) is 0 Å². The molecule has 3 aromatic carbocycles. The minimum absolute atomic E-state index is 0.181. The molecule has 0 aromatic heterocycles. The first-order valence-electron chi connectivity index (χ1n) is 7.63. The summed E-state index contributed by atoms with van der Waals surface area (Å²) in [5.41, 5.74) is 2.36. The number of benzene rings is 3. The lowest BCUT2D eigenvalue weighted by atomic mass is 9.72. The van der Waals surface area contributed by atoms with Gasteiger partial charge in [0.25, 0.3) is 0 Å². The average Bonchev–Trinajstić information content (AvgIpc) is 2.55.